The number of carbonyl (C=O) groups excluding carboxylic acids is 1. The van der Waals surface area contributed by atoms with Crippen molar-refractivity contribution >= 4 is 43.7 Å². The summed E-state index contributed by atoms with van der Waals surface area (Å²) in [6.45, 7) is 1.44. The van der Waals surface area contributed by atoms with Crippen LogP contribution in [0.5, 0.6) is 11.5 Å². The number of anilines is 2. The summed E-state index contributed by atoms with van der Waals surface area (Å²) in [5.74, 6) is -1.23. The van der Waals surface area contributed by atoms with Crippen LogP contribution in [0.15, 0.2) is 35.0 Å². The number of hydrogen-bond donors (Lipinski definition) is 2. The Balaban J connectivity index is 2.01. The minimum absolute atomic E-state index is 0.130. The first-order chi connectivity index (χ1) is 17.2. The molecule has 0 fully saturated rings. The number of benzene rings is 2. The van der Waals surface area contributed by atoms with Gasteiger partial charge in [0.2, 0.25) is 0 Å². The third-order valence-electron chi connectivity index (χ3n) is 4.95. The molecule has 0 aliphatic heterocycles. The first kappa shape index (κ1) is 27.9. The molecule has 0 radical (unpaired) electrons. The first-order valence-corrected chi connectivity index (χ1v) is 13.1. The van der Waals surface area contributed by atoms with E-state index in [0.717, 1.165) is 12.1 Å². The van der Waals surface area contributed by atoms with Crippen molar-refractivity contribution in [3.05, 3.63) is 42.0 Å². The van der Waals surface area contributed by atoms with E-state index in [1.165, 1.54) is 38.9 Å². The maximum atomic E-state index is 14.0. The molecule has 0 saturated heterocycles. The van der Waals surface area contributed by atoms with E-state index in [-0.39, 0.29) is 17.3 Å². The molecule has 1 aromatic heterocycles. The average Bonchev–Trinajstić information content (AvgIpc) is 2.77. The lowest BCUT2D eigenvalue weighted by atomic mass is 10.1. The van der Waals surface area contributed by atoms with Crippen molar-refractivity contribution in [3.63, 3.8) is 0 Å². The van der Waals surface area contributed by atoms with E-state index in [2.05, 4.69) is 19.6 Å². The summed E-state index contributed by atoms with van der Waals surface area (Å²) in [5, 5.41) is 5.25. The molecule has 1 amide bonds. The average molecular weight is 544 g/mol. The Hall–Kier alpha value is -3.68. The van der Waals surface area contributed by atoms with Gasteiger partial charge >= 0.3 is 6.18 Å². The molecule has 3 rings (SSSR count). The Morgan fingerprint density at radius 3 is 2.54 bits per heavy atom. The molecule has 1 heterocycles. The largest absolute Gasteiger partial charge is 0.494 e. The van der Waals surface area contributed by atoms with Gasteiger partial charge in [-0.2, -0.15) is 17.5 Å². The van der Waals surface area contributed by atoms with Crippen molar-refractivity contribution in [3.8, 4) is 11.5 Å². The molecule has 0 aliphatic carbocycles. The topological polar surface area (TPSA) is 115 Å². The molecule has 9 nitrogen and oxygen atoms in total. The summed E-state index contributed by atoms with van der Waals surface area (Å²) in [6, 6.07) is 5.05. The highest BCUT2D eigenvalue weighted by atomic mass is 32.2. The van der Waals surface area contributed by atoms with Gasteiger partial charge in [-0.05, 0) is 32.0 Å². The van der Waals surface area contributed by atoms with Crippen LogP contribution >= 0.6 is 0 Å². The van der Waals surface area contributed by atoms with Gasteiger partial charge in [-0.1, -0.05) is 0 Å². The number of hydrogen-bond acceptors (Lipinski definition) is 8. The molecule has 2 N–H and O–H groups in total. The fourth-order valence-corrected chi connectivity index (χ4v) is 4.04. The van der Waals surface area contributed by atoms with Gasteiger partial charge in [0.05, 0.1) is 18.3 Å². The van der Waals surface area contributed by atoms with Gasteiger partial charge in [0.25, 0.3) is 5.91 Å². The maximum absolute atomic E-state index is 14.0. The number of rotatable bonds is 8. The zero-order valence-electron chi connectivity index (χ0n) is 20.6. The van der Waals surface area contributed by atoms with Crippen molar-refractivity contribution in [2.45, 2.75) is 26.1 Å². The van der Waals surface area contributed by atoms with Crippen LogP contribution in [0.25, 0.3) is 10.9 Å². The van der Waals surface area contributed by atoms with Crippen LogP contribution in [0, 0.1) is 12.7 Å². The van der Waals surface area contributed by atoms with E-state index in [0.29, 0.717) is 27.9 Å². The molecular formula is C23H25F4N5O4S. The molecule has 200 valence electrons. The number of ether oxygens (including phenoxy) is 2. The highest BCUT2D eigenvalue weighted by Crippen LogP contribution is 2.40. The summed E-state index contributed by atoms with van der Waals surface area (Å²) < 4.78 is 78.8. The Morgan fingerprint density at radius 2 is 1.92 bits per heavy atom. The summed E-state index contributed by atoms with van der Waals surface area (Å²) in [6.07, 6.45) is -1.71. The van der Waals surface area contributed by atoms with Crippen molar-refractivity contribution in [1.82, 2.24) is 15.3 Å². The number of nitrogens with zero attached hydrogens (tertiary/aromatic N) is 3. The number of methoxy groups -OCH3 is 1. The van der Waals surface area contributed by atoms with Crippen LogP contribution in [-0.4, -0.2) is 58.5 Å². The minimum atomic E-state index is -4.59. The van der Waals surface area contributed by atoms with E-state index in [1.807, 2.05) is 0 Å². The molecule has 1 atom stereocenters. The number of aryl methyl sites for hydroxylation is 1. The first-order valence-electron chi connectivity index (χ1n) is 10.8. The molecule has 2 aromatic carbocycles. The molecular weight excluding hydrogens is 518 g/mol. The molecule has 0 aliphatic rings. The number of carbonyl (C=O) groups is 1. The van der Waals surface area contributed by atoms with Crippen molar-refractivity contribution in [2.24, 2.45) is 4.36 Å². The number of alkyl halides is 3. The van der Waals surface area contributed by atoms with Crippen LogP contribution in [0.1, 0.15) is 12.5 Å². The lowest BCUT2D eigenvalue weighted by molar-refractivity contribution is -0.142. The Kier molecular flexibility index (Phi) is 8.10. The van der Waals surface area contributed by atoms with Crippen LogP contribution in [0.3, 0.4) is 0 Å². The van der Waals surface area contributed by atoms with Gasteiger partial charge < -0.3 is 20.1 Å². The van der Waals surface area contributed by atoms with E-state index >= 15 is 0 Å². The normalized spacial score (nSPS) is 12.7. The molecule has 0 unspecified atom stereocenters. The predicted molar refractivity (Wildman–Crippen MR) is 132 cm³/mol. The van der Waals surface area contributed by atoms with Gasteiger partial charge in [0.1, 0.15) is 41.7 Å². The lowest BCUT2D eigenvalue weighted by Gasteiger charge is -2.19. The summed E-state index contributed by atoms with van der Waals surface area (Å²) in [7, 11) is -1.07. The zero-order valence-corrected chi connectivity index (χ0v) is 21.4. The van der Waals surface area contributed by atoms with E-state index in [4.69, 9.17) is 9.47 Å². The predicted octanol–water partition coefficient (Wildman–Crippen LogP) is 4.63. The molecule has 37 heavy (non-hydrogen) atoms. The molecule has 14 heteroatoms. The fraction of sp³-hybridized carbons (Fsp3) is 0.348. The van der Waals surface area contributed by atoms with Crippen molar-refractivity contribution in [2.75, 3.05) is 31.5 Å². The standard InChI is InChI=1S/C23H25F4N5O4S/c1-12-19-16(9-17(20(12)35-3)32-37(4,5)34)29-11-30-21(19)31-15-7-6-14(24)8-18(15)36-13(2)22(33)28-10-23(25,26)27/h6-9,11,13H,10H2,1-5H3,(H,28,33)(H,29,30,31)/t13-/m1/s1. The Labute approximate surface area is 210 Å². The highest BCUT2D eigenvalue weighted by molar-refractivity contribution is 7.92. The van der Waals surface area contributed by atoms with Gasteiger partial charge in [0.15, 0.2) is 6.10 Å². The number of halogens is 4. The molecule has 0 bridgehead atoms. The van der Waals surface area contributed by atoms with Crippen LogP contribution in [0.2, 0.25) is 0 Å². The second-order valence-electron chi connectivity index (χ2n) is 8.30. The maximum Gasteiger partial charge on any atom is 0.405 e. The number of nitrogens with one attached hydrogen (secondary N) is 2. The van der Waals surface area contributed by atoms with Crippen LogP contribution < -0.4 is 20.1 Å². The summed E-state index contributed by atoms with van der Waals surface area (Å²) in [5.41, 5.74) is 1.56. The number of amides is 1. The van der Waals surface area contributed by atoms with E-state index < -0.39 is 40.3 Å². The van der Waals surface area contributed by atoms with Gasteiger partial charge in [0, 0.05) is 39.3 Å². The van der Waals surface area contributed by atoms with Crippen LogP contribution in [-0.2, 0) is 14.5 Å². The molecule has 3 aromatic rings. The fourth-order valence-electron chi connectivity index (χ4n) is 3.44. The van der Waals surface area contributed by atoms with E-state index in [1.54, 1.807) is 18.3 Å². The van der Waals surface area contributed by atoms with Crippen LogP contribution in [0.4, 0.5) is 34.8 Å². The Morgan fingerprint density at radius 1 is 1.22 bits per heavy atom. The monoisotopic (exact) mass is 543 g/mol. The molecule has 0 spiro atoms. The van der Waals surface area contributed by atoms with Gasteiger partial charge in [-0.15, -0.1) is 0 Å². The minimum Gasteiger partial charge on any atom is -0.494 e. The van der Waals surface area contributed by atoms with Gasteiger partial charge in [-0.25, -0.2) is 18.6 Å². The third kappa shape index (κ3) is 7.18. The summed E-state index contributed by atoms with van der Waals surface area (Å²) >= 11 is 0. The highest BCUT2D eigenvalue weighted by Gasteiger charge is 2.29. The quantitative estimate of drug-likeness (QED) is 0.398. The smallest absolute Gasteiger partial charge is 0.405 e. The Bertz CT molecular complexity index is 1450. The SMILES string of the molecule is COc1c(N=S(C)(C)=O)cc2ncnc(Nc3ccc(F)cc3O[C@H](C)C(=O)NCC(F)(F)F)c2c1C. The van der Waals surface area contributed by atoms with Crippen molar-refractivity contribution < 1.29 is 36.0 Å². The van der Waals surface area contributed by atoms with Gasteiger partial charge in [-0.3, -0.25) is 4.79 Å². The lowest BCUT2D eigenvalue weighted by Crippen LogP contribution is -2.41. The number of aromatic nitrogens is 2. The molecule has 0 saturated carbocycles. The number of fused-ring (bicyclic) bond motifs is 1. The van der Waals surface area contributed by atoms with Crippen molar-refractivity contribution in [1.29, 1.82) is 0 Å². The summed E-state index contributed by atoms with van der Waals surface area (Å²) in [4.78, 5) is 20.6. The van der Waals surface area contributed by atoms with E-state index in [9.17, 15) is 26.6 Å². The second kappa shape index (κ2) is 10.7. The third-order valence-corrected chi connectivity index (χ3v) is 5.59. The zero-order chi connectivity index (χ0) is 27.5. The second-order valence-corrected chi connectivity index (χ2v) is 10.8.